The summed E-state index contributed by atoms with van der Waals surface area (Å²) < 4.78 is 6.25. The van der Waals surface area contributed by atoms with Crippen molar-refractivity contribution in [3.05, 3.63) is 29.3 Å². The van der Waals surface area contributed by atoms with Gasteiger partial charge in [-0.1, -0.05) is 20.8 Å². The van der Waals surface area contributed by atoms with Crippen molar-refractivity contribution in [1.82, 2.24) is 10.2 Å². The highest BCUT2D eigenvalue weighted by Crippen LogP contribution is 2.38. The van der Waals surface area contributed by atoms with E-state index in [1.807, 2.05) is 0 Å². The molecule has 1 atom stereocenters. The van der Waals surface area contributed by atoms with E-state index in [4.69, 9.17) is 4.43 Å². The molecule has 2 heterocycles. The molecule has 1 N–H and O–H groups in total. The average molecular weight is 375 g/mol. The van der Waals surface area contributed by atoms with Crippen LogP contribution in [0.1, 0.15) is 54.3 Å². The zero-order chi connectivity index (χ0) is 19.3. The lowest BCUT2D eigenvalue weighted by molar-refractivity contribution is -0.126. The molecule has 3 amide bonds. The van der Waals surface area contributed by atoms with Gasteiger partial charge in [0.15, 0.2) is 0 Å². The predicted molar refractivity (Wildman–Crippen MR) is 101 cm³/mol. The van der Waals surface area contributed by atoms with E-state index < -0.39 is 26.2 Å². The third-order valence-corrected chi connectivity index (χ3v) is 9.99. The second-order valence-corrected chi connectivity index (χ2v) is 13.2. The molecule has 1 saturated heterocycles. The maximum atomic E-state index is 12.8. The molecular weight excluding hydrogens is 348 g/mol. The smallest absolute Gasteiger partial charge is 0.262 e. The van der Waals surface area contributed by atoms with E-state index in [1.54, 1.807) is 18.2 Å². The summed E-state index contributed by atoms with van der Waals surface area (Å²) >= 11 is 0. The number of hydrogen-bond acceptors (Lipinski definition) is 4. The van der Waals surface area contributed by atoms with Gasteiger partial charge in [-0.25, -0.2) is 0 Å². The number of imide groups is 1. The van der Waals surface area contributed by atoms with Gasteiger partial charge >= 0.3 is 0 Å². The molecule has 0 radical (unpaired) electrons. The van der Waals surface area contributed by atoms with Crippen LogP contribution in [0.3, 0.4) is 0 Å². The fraction of sp³-hybridized carbons (Fsp3) is 0.526. The lowest BCUT2D eigenvalue weighted by Crippen LogP contribution is -2.52. The first-order valence-electron chi connectivity index (χ1n) is 9.01. The maximum absolute atomic E-state index is 12.8. The number of carbonyl (C=O) groups excluding carboxylic acids is 3. The fourth-order valence-corrected chi connectivity index (χ4v) is 4.06. The maximum Gasteiger partial charge on any atom is 0.262 e. The minimum atomic E-state index is -2.05. The monoisotopic (exact) mass is 374 g/mol. The van der Waals surface area contributed by atoms with Crippen LogP contribution in [0.5, 0.6) is 5.75 Å². The Morgan fingerprint density at radius 3 is 2.38 bits per heavy atom. The third kappa shape index (κ3) is 3.04. The highest BCUT2D eigenvalue weighted by molar-refractivity contribution is 6.74. The van der Waals surface area contributed by atoms with Crippen molar-refractivity contribution in [3.63, 3.8) is 0 Å². The van der Waals surface area contributed by atoms with Crippen LogP contribution in [-0.2, 0) is 4.79 Å². The van der Waals surface area contributed by atoms with Crippen molar-refractivity contribution in [3.8, 4) is 5.75 Å². The van der Waals surface area contributed by atoms with Crippen molar-refractivity contribution in [2.24, 2.45) is 0 Å². The molecular formula is C19H26N2O4Si. The molecule has 0 spiro atoms. The van der Waals surface area contributed by atoms with Crippen molar-refractivity contribution in [1.29, 1.82) is 0 Å². The molecule has 140 valence electrons. The van der Waals surface area contributed by atoms with Gasteiger partial charge in [-0.2, -0.15) is 0 Å². The predicted octanol–water partition coefficient (Wildman–Crippen LogP) is 2.95. The zero-order valence-corrected chi connectivity index (χ0v) is 17.0. The number of nitrogens with zero attached hydrogens (tertiary/aromatic N) is 1. The van der Waals surface area contributed by atoms with Crippen LogP contribution in [0.4, 0.5) is 0 Å². The normalized spacial score (nSPS) is 20.9. The summed E-state index contributed by atoms with van der Waals surface area (Å²) in [5, 5.41) is 2.76. The zero-order valence-electron chi connectivity index (χ0n) is 16.0. The van der Waals surface area contributed by atoms with Gasteiger partial charge in [-0.3, -0.25) is 19.3 Å². The molecule has 0 bridgehead atoms. The van der Waals surface area contributed by atoms with Gasteiger partial charge in [0.2, 0.25) is 14.2 Å². The molecule has 1 fully saturated rings. The number of amides is 3. The van der Waals surface area contributed by atoms with E-state index in [2.05, 4.69) is 39.2 Å². The van der Waals surface area contributed by atoms with Gasteiger partial charge in [0.05, 0.1) is 11.1 Å². The van der Waals surface area contributed by atoms with Gasteiger partial charge in [-0.15, -0.1) is 0 Å². The summed E-state index contributed by atoms with van der Waals surface area (Å²) in [6, 6.07) is 4.31. The molecule has 0 saturated carbocycles. The first-order valence-corrected chi connectivity index (χ1v) is 11.9. The molecule has 2 aliphatic heterocycles. The Morgan fingerprint density at radius 1 is 1.12 bits per heavy atom. The molecule has 0 unspecified atom stereocenters. The van der Waals surface area contributed by atoms with Crippen molar-refractivity contribution < 1.29 is 18.8 Å². The second-order valence-electron chi connectivity index (χ2n) is 8.50. The summed E-state index contributed by atoms with van der Waals surface area (Å²) in [6.45, 7) is 11.3. The summed E-state index contributed by atoms with van der Waals surface area (Å²) in [4.78, 5) is 38.8. The molecule has 3 rings (SSSR count). The SMILES string of the molecule is CC(C)(C)[Si](C)(C)Oc1ccc2c(c1)C(=O)N([C@H]1CCCNC1=O)C2=O. The minimum absolute atomic E-state index is 0.0259. The van der Waals surface area contributed by atoms with Gasteiger partial charge in [0, 0.05) is 6.54 Å². The highest BCUT2D eigenvalue weighted by Gasteiger charge is 2.44. The van der Waals surface area contributed by atoms with Crippen LogP contribution in [0.15, 0.2) is 18.2 Å². The number of nitrogens with one attached hydrogen (secondary N) is 1. The Bertz CT molecular complexity index is 782. The summed E-state index contributed by atoms with van der Waals surface area (Å²) in [6.07, 6.45) is 1.26. The van der Waals surface area contributed by atoms with E-state index in [1.165, 1.54) is 0 Å². The first-order chi connectivity index (χ1) is 12.0. The lowest BCUT2D eigenvalue weighted by Gasteiger charge is -2.36. The largest absolute Gasteiger partial charge is 0.543 e. The quantitative estimate of drug-likeness (QED) is 0.652. The molecule has 26 heavy (non-hydrogen) atoms. The average Bonchev–Trinajstić information content (AvgIpc) is 2.78. The van der Waals surface area contributed by atoms with Crippen molar-refractivity contribution >= 4 is 26.0 Å². The Kier molecular flexibility index (Phi) is 4.46. The molecule has 1 aromatic carbocycles. The van der Waals surface area contributed by atoms with E-state index in [9.17, 15) is 14.4 Å². The van der Waals surface area contributed by atoms with Crippen molar-refractivity contribution in [2.75, 3.05) is 6.54 Å². The molecule has 6 nitrogen and oxygen atoms in total. The minimum Gasteiger partial charge on any atom is -0.543 e. The number of rotatable bonds is 3. The molecule has 1 aromatic rings. The molecule has 0 aromatic heterocycles. The van der Waals surface area contributed by atoms with Gasteiger partial charge < -0.3 is 9.74 Å². The topological polar surface area (TPSA) is 75.7 Å². The number of piperidine rings is 1. The fourth-order valence-electron chi connectivity index (χ4n) is 3.04. The first kappa shape index (κ1) is 18.6. The summed E-state index contributed by atoms with van der Waals surface area (Å²) in [5.74, 6) is -0.464. The standard InChI is InChI=1S/C19H26N2O4Si/c1-19(2,3)26(4,5)25-12-8-9-13-14(11-12)18(24)21(17(13)23)15-7-6-10-20-16(15)22/h8-9,11,15H,6-7,10H2,1-5H3,(H,20,22)/t15-/m0/s1. The summed E-state index contributed by atoms with van der Waals surface area (Å²) in [7, 11) is -2.05. The van der Waals surface area contributed by atoms with Crippen LogP contribution in [0, 0.1) is 0 Å². The number of hydrogen-bond donors (Lipinski definition) is 1. The van der Waals surface area contributed by atoms with E-state index in [0.717, 1.165) is 11.3 Å². The Labute approximate surface area is 155 Å². The van der Waals surface area contributed by atoms with Gasteiger partial charge in [-0.05, 0) is 49.2 Å². The Hall–Kier alpha value is -2.15. The lowest BCUT2D eigenvalue weighted by atomic mass is 10.1. The number of carbonyl (C=O) groups is 3. The Balaban J connectivity index is 1.90. The summed E-state index contributed by atoms with van der Waals surface area (Å²) in [5.41, 5.74) is 0.667. The molecule has 7 heteroatoms. The second kappa shape index (κ2) is 6.23. The third-order valence-electron chi connectivity index (χ3n) is 5.64. The molecule has 0 aliphatic carbocycles. The van der Waals surface area contributed by atoms with Crippen LogP contribution in [0.2, 0.25) is 18.1 Å². The van der Waals surface area contributed by atoms with Gasteiger partial charge in [0.1, 0.15) is 11.8 Å². The van der Waals surface area contributed by atoms with Crippen molar-refractivity contribution in [2.45, 2.75) is 57.8 Å². The van der Waals surface area contributed by atoms with Crippen LogP contribution in [-0.4, -0.2) is 43.5 Å². The van der Waals surface area contributed by atoms with E-state index in [0.29, 0.717) is 29.8 Å². The van der Waals surface area contributed by atoms with Crippen LogP contribution in [0.25, 0.3) is 0 Å². The Morgan fingerprint density at radius 2 is 1.77 bits per heavy atom. The van der Waals surface area contributed by atoms with E-state index >= 15 is 0 Å². The highest BCUT2D eigenvalue weighted by atomic mass is 28.4. The molecule has 2 aliphatic rings. The van der Waals surface area contributed by atoms with Crippen LogP contribution >= 0.6 is 0 Å². The number of fused-ring (bicyclic) bond motifs is 1. The van der Waals surface area contributed by atoms with Gasteiger partial charge in [0.25, 0.3) is 11.8 Å². The van der Waals surface area contributed by atoms with Crippen LogP contribution < -0.4 is 9.74 Å². The number of benzene rings is 1. The van der Waals surface area contributed by atoms with E-state index in [-0.39, 0.29) is 10.9 Å².